The van der Waals surface area contributed by atoms with Crippen molar-refractivity contribution in [3.8, 4) is 0 Å². The quantitative estimate of drug-likeness (QED) is 0.491. The van der Waals surface area contributed by atoms with E-state index in [9.17, 15) is 0 Å². The minimum Gasteiger partial charge on any atom is 0 e. The molecular weight excluding hydrogens is 395 g/mol. The van der Waals surface area contributed by atoms with Crippen LogP contribution in [0, 0.1) is 0 Å². The normalized spacial score (nSPS) is 0. The van der Waals surface area contributed by atoms with Crippen LogP contribution in [0.25, 0.3) is 0 Å². The second-order valence-electron chi connectivity index (χ2n) is 0. The maximum absolute atomic E-state index is 0. The summed E-state index contributed by atoms with van der Waals surface area (Å²) in [5, 5.41) is 0. The van der Waals surface area contributed by atoms with E-state index >= 15 is 0 Å². The van der Waals surface area contributed by atoms with E-state index < -0.39 is 0 Å². The summed E-state index contributed by atoms with van der Waals surface area (Å²) in [5.41, 5.74) is 0. The third-order valence-corrected chi connectivity index (χ3v) is 0. The number of hydrogen-bond donors (Lipinski definition) is 0. The molecule has 0 amide bonds. The van der Waals surface area contributed by atoms with Crippen LogP contribution in [0.2, 0.25) is 0 Å². The monoisotopic (exact) mass is 393 g/mol. The Morgan fingerprint density at radius 2 is 0.750 bits per heavy atom. The standard InChI is InChI=1S/Bi.2Cu.Ni. The third-order valence-electron chi connectivity index (χ3n) is 0. The summed E-state index contributed by atoms with van der Waals surface area (Å²) in [6.07, 6.45) is 0. The molecule has 0 nitrogen and oxygen atoms in total. The summed E-state index contributed by atoms with van der Waals surface area (Å²) in [6, 6.07) is 0. The zero-order valence-electron chi connectivity index (χ0n) is 1.37. The molecule has 0 bridgehead atoms. The van der Waals surface area contributed by atoms with Crippen molar-refractivity contribution in [2.24, 2.45) is 0 Å². The molecule has 0 aliphatic heterocycles. The van der Waals surface area contributed by atoms with Gasteiger partial charge in [-0.3, -0.25) is 0 Å². The van der Waals surface area contributed by atoms with Crippen LogP contribution in [0.1, 0.15) is 0 Å². The number of hydrogen-bond acceptors (Lipinski definition) is 0. The number of rotatable bonds is 0. The zero-order valence-corrected chi connectivity index (χ0v) is 7.71. The summed E-state index contributed by atoms with van der Waals surface area (Å²) >= 11 is 0. The fourth-order valence-corrected chi connectivity index (χ4v) is 0. The molecule has 0 fully saturated rings. The molecule has 0 heterocycles. The smallest absolute Gasteiger partial charge is 0 e. The van der Waals surface area contributed by atoms with Crippen LogP contribution in [-0.4, -0.2) is 26.2 Å². The molecule has 0 atom stereocenters. The van der Waals surface area contributed by atoms with Gasteiger partial charge in [-0.25, -0.2) is 0 Å². The fraction of sp³-hybridized carbons (Fsp3) is 0. The Morgan fingerprint density at radius 1 is 0.750 bits per heavy atom. The van der Waals surface area contributed by atoms with Crippen molar-refractivity contribution >= 4 is 26.2 Å². The molecule has 0 N–H and O–H groups in total. The molecule has 5 radical (unpaired) electrons. The minimum atomic E-state index is 0. The summed E-state index contributed by atoms with van der Waals surface area (Å²) < 4.78 is 0. The summed E-state index contributed by atoms with van der Waals surface area (Å²) in [7, 11) is 0. The second kappa shape index (κ2) is 18.1. The van der Waals surface area contributed by atoms with Crippen molar-refractivity contribution < 1.29 is 50.6 Å². The van der Waals surface area contributed by atoms with Gasteiger partial charge in [0, 0.05) is 76.8 Å². The molecule has 4 heavy (non-hydrogen) atoms. The maximum Gasteiger partial charge on any atom is 0 e. The Morgan fingerprint density at radius 3 is 0.750 bits per heavy atom. The molecule has 0 aromatic carbocycles. The molecule has 0 aromatic heterocycles. The van der Waals surface area contributed by atoms with Gasteiger partial charge in [0.2, 0.25) is 0 Å². The topological polar surface area (TPSA) is 0 Å². The Hall–Kier alpha value is 2.42. The van der Waals surface area contributed by atoms with E-state index in [1.165, 1.54) is 0 Å². The Kier molecular flexibility index (Phi) is 146. The molecule has 0 rings (SSSR count). The van der Waals surface area contributed by atoms with Crippen LogP contribution >= 0.6 is 0 Å². The van der Waals surface area contributed by atoms with E-state index in [1.54, 1.807) is 0 Å². The summed E-state index contributed by atoms with van der Waals surface area (Å²) in [6.45, 7) is 0. The van der Waals surface area contributed by atoms with Crippen molar-refractivity contribution in [1.82, 2.24) is 0 Å². The van der Waals surface area contributed by atoms with Gasteiger partial charge in [0.25, 0.3) is 0 Å². The van der Waals surface area contributed by atoms with Crippen molar-refractivity contribution in [3.05, 3.63) is 0 Å². The predicted molar refractivity (Wildman–Crippen MR) is 5.75 cm³/mol. The van der Waals surface area contributed by atoms with Gasteiger partial charge < -0.3 is 0 Å². The van der Waals surface area contributed by atoms with Gasteiger partial charge in [-0.05, 0) is 0 Å². The fourth-order valence-electron chi connectivity index (χ4n) is 0. The first-order chi connectivity index (χ1) is 0. The molecule has 0 aromatic rings. The zero-order chi connectivity index (χ0) is 0. The molecule has 0 saturated carbocycles. The van der Waals surface area contributed by atoms with Crippen LogP contribution in [0.5, 0.6) is 0 Å². The van der Waals surface area contributed by atoms with E-state index in [0.29, 0.717) is 0 Å². The molecule has 37 valence electrons. The maximum atomic E-state index is 0. The second-order valence-corrected chi connectivity index (χ2v) is 0. The van der Waals surface area contributed by atoms with E-state index in [4.69, 9.17) is 0 Å². The largest absolute Gasteiger partial charge is 0 e. The first kappa shape index (κ1) is 32.2. The van der Waals surface area contributed by atoms with Gasteiger partial charge in [0.15, 0.2) is 0 Å². The first-order valence-electron chi connectivity index (χ1n) is 0. The summed E-state index contributed by atoms with van der Waals surface area (Å²) in [5.74, 6) is 0. The third kappa shape index (κ3) is 8.83. The van der Waals surface area contributed by atoms with Crippen molar-refractivity contribution in [1.29, 1.82) is 0 Å². The Balaban J connectivity index is 0. The first-order valence-corrected chi connectivity index (χ1v) is 0. The van der Waals surface area contributed by atoms with Gasteiger partial charge in [0.1, 0.15) is 0 Å². The van der Waals surface area contributed by atoms with Gasteiger partial charge in [-0.2, -0.15) is 0 Å². The SMILES string of the molecule is [Bi].[Cu].[Cu].[Ni]. The minimum absolute atomic E-state index is 0. The summed E-state index contributed by atoms with van der Waals surface area (Å²) in [4.78, 5) is 0. The van der Waals surface area contributed by atoms with Crippen molar-refractivity contribution in [2.45, 2.75) is 0 Å². The molecule has 0 aliphatic carbocycles. The van der Waals surface area contributed by atoms with E-state index in [1.807, 2.05) is 0 Å². The molecule has 0 aliphatic rings. The molecule has 0 unspecified atom stereocenters. The van der Waals surface area contributed by atoms with Gasteiger partial charge in [-0.15, -0.1) is 0 Å². The Bertz CT molecular complexity index is 6.00. The van der Waals surface area contributed by atoms with Gasteiger partial charge in [0.05, 0.1) is 0 Å². The molecule has 0 saturated heterocycles. The van der Waals surface area contributed by atoms with E-state index in [-0.39, 0.29) is 76.8 Å². The predicted octanol–water partition coefficient (Wildman–Crippen LogP) is -0.388. The van der Waals surface area contributed by atoms with Gasteiger partial charge in [-0.1, -0.05) is 0 Å². The molecule has 0 spiro atoms. The van der Waals surface area contributed by atoms with Crippen molar-refractivity contribution in [2.75, 3.05) is 0 Å². The van der Waals surface area contributed by atoms with Crippen LogP contribution in [-0.2, 0) is 50.6 Å². The van der Waals surface area contributed by atoms with Crippen LogP contribution in [0.4, 0.5) is 0 Å². The average Bonchev–Trinajstić information content (AvgIpc) is 0. The van der Waals surface area contributed by atoms with Gasteiger partial charge >= 0.3 is 0 Å². The van der Waals surface area contributed by atoms with Crippen LogP contribution in [0.3, 0.4) is 0 Å². The van der Waals surface area contributed by atoms with E-state index in [2.05, 4.69) is 0 Å². The Labute approximate surface area is 75.9 Å². The van der Waals surface area contributed by atoms with E-state index in [0.717, 1.165) is 0 Å². The average molecular weight is 395 g/mol. The van der Waals surface area contributed by atoms with Crippen LogP contribution in [0.15, 0.2) is 0 Å². The molecular formula is BiCu2Ni. The van der Waals surface area contributed by atoms with Crippen molar-refractivity contribution in [3.63, 3.8) is 0 Å². The molecule has 4 heteroatoms. The van der Waals surface area contributed by atoms with Crippen LogP contribution < -0.4 is 0 Å².